The van der Waals surface area contributed by atoms with E-state index in [-0.39, 0.29) is 10.8 Å². The molecule has 0 aliphatic heterocycles. The standard InChI is InChI=1S/C43H35B/c1-41(2)35-14-8-5-11-29(35)32-20-17-26(23-38(32)41)43(37-16-10-7-13-31(37)34-22-19-28(44)25-40(34)43)27-18-21-33-30-12-6-9-15-36(30)42(3,4)39(33)24-27/h5-25H,44H2,1-4H3. The number of rotatable bonds is 2. The van der Waals surface area contributed by atoms with Crippen LogP contribution in [0.2, 0.25) is 0 Å². The van der Waals surface area contributed by atoms with E-state index in [1.165, 1.54) is 83.4 Å². The van der Waals surface area contributed by atoms with Crippen LogP contribution in [0.1, 0.15) is 72.2 Å². The molecule has 9 rings (SSSR count). The average Bonchev–Trinajstić information content (AvgIpc) is 3.56. The molecule has 6 aromatic rings. The van der Waals surface area contributed by atoms with Crippen molar-refractivity contribution < 1.29 is 0 Å². The van der Waals surface area contributed by atoms with Crippen molar-refractivity contribution in [2.45, 2.75) is 43.9 Å². The third-order valence-corrected chi connectivity index (χ3v) is 11.2. The summed E-state index contributed by atoms with van der Waals surface area (Å²) in [6, 6.07) is 48.9. The molecule has 0 saturated carbocycles. The van der Waals surface area contributed by atoms with E-state index in [4.69, 9.17) is 0 Å². The zero-order chi connectivity index (χ0) is 30.0. The fourth-order valence-electron chi connectivity index (χ4n) is 9.06. The predicted molar refractivity (Wildman–Crippen MR) is 187 cm³/mol. The van der Waals surface area contributed by atoms with Gasteiger partial charge in [-0.2, -0.15) is 0 Å². The minimum Gasteiger partial charge on any atom is -0.0886 e. The van der Waals surface area contributed by atoms with Gasteiger partial charge in [0.25, 0.3) is 0 Å². The minimum absolute atomic E-state index is 0.0712. The zero-order valence-electron chi connectivity index (χ0n) is 26.1. The van der Waals surface area contributed by atoms with Gasteiger partial charge in [0, 0.05) is 10.8 Å². The van der Waals surface area contributed by atoms with E-state index in [0.29, 0.717) is 0 Å². The Bertz CT molecular complexity index is 2090. The Balaban J connectivity index is 1.39. The molecule has 210 valence electrons. The first-order valence-electron chi connectivity index (χ1n) is 15.9. The maximum atomic E-state index is 2.55. The lowest BCUT2D eigenvalue weighted by molar-refractivity contribution is 0.651. The summed E-state index contributed by atoms with van der Waals surface area (Å²) in [6.45, 7) is 9.57. The third-order valence-electron chi connectivity index (χ3n) is 11.2. The number of fused-ring (bicyclic) bond motifs is 9. The molecule has 1 heteroatoms. The number of hydrogen-bond acceptors (Lipinski definition) is 0. The van der Waals surface area contributed by atoms with Crippen molar-refractivity contribution in [3.05, 3.63) is 172 Å². The first kappa shape index (κ1) is 25.8. The predicted octanol–water partition coefficient (Wildman–Crippen LogP) is 8.92. The highest BCUT2D eigenvalue weighted by atomic mass is 14.5. The van der Waals surface area contributed by atoms with Crippen LogP contribution in [0.3, 0.4) is 0 Å². The van der Waals surface area contributed by atoms with Gasteiger partial charge in [-0.25, -0.2) is 0 Å². The van der Waals surface area contributed by atoms with Gasteiger partial charge < -0.3 is 0 Å². The van der Waals surface area contributed by atoms with E-state index in [1.54, 1.807) is 0 Å². The van der Waals surface area contributed by atoms with Gasteiger partial charge in [0.05, 0.1) is 5.41 Å². The van der Waals surface area contributed by atoms with Gasteiger partial charge in [-0.05, 0) is 77.9 Å². The molecule has 44 heavy (non-hydrogen) atoms. The smallest absolute Gasteiger partial charge is 0.0886 e. The SMILES string of the molecule is Bc1ccc2c(c1)C(c1ccc3c(c1)C(C)(C)c1ccccc1-3)(c1ccc3c(c1)C(C)(C)c1ccccc1-3)c1ccccc1-2. The molecule has 0 amide bonds. The topological polar surface area (TPSA) is 0 Å². The molecule has 0 heterocycles. The second-order valence-electron chi connectivity index (χ2n) is 14.2. The molecule has 0 saturated heterocycles. The summed E-state index contributed by atoms with van der Waals surface area (Å²) in [5.74, 6) is 0. The highest BCUT2D eigenvalue weighted by Crippen LogP contribution is 2.59. The molecule has 0 atom stereocenters. The summed E-state index contributed by atoms with van der Waals surface area (Å²) >= 11 is 0. The van der Waals surface area contributed by atoms with Crippen molar-refractivity contribution in [3.8, 4) is 33.4 Å². The largest absolute Gasteiger partial charge is 0.139 e. The van der Waals surface area contributed by atoms with E-state index >= 15 is 0 Å². The van der Waals surface area contributed by atoms with Crippen LogP contribution < -0.4 is 5.46 Å². The van der Waals surface area contributed by atoms with E-state index in [2.05, 4.69) is 163 Å². The van der Waals surface area contributed by atoms with Gasteiger partial charge >= 0.3 is 0 Å². The van der Waals surface area contributed by atoms with Gasteiger partial charge in [0.15, 0.2) is 0 Å². The molecule has 0 spiro atoms. The molecular weight excluding hydrogens is 527 g/mol. The second kappa shape index (κ2) is 8.51. The lowest BCUT2D eigenvalue weighted by Crippen LogP contribution is -2.31. The first-order chi connectivity index (χ1) is 21.2. The van der Waals surface area contributed by atoms with E-state index < -0.39 is 5.41 Å². The maximum absolute atomic E-state index is 2.55. The fourth-order valence-corrected chi connectivity index (χ4v) is 9.06. The van der Waals surface area contributed by atoms with Crippen LogP contribution in [0, 0.1) is 0 Å². The highest BCUT2D eigenvalue weighted by Gasteiger charge is 2.48. The summed E-state index contributed by atoms with van der Waals surface area (Å²) < 4.78 is 0. The van der Waals surface area contributed by atoms with Crippen LogP contribution in [-0.4, -0.2) is 7.85 Å². The summed E-state index contributed by atoms with van der Waals surface area (Å²) in [5, 5.41) is 0. The van der Waals surface area contributed by atoms with Gasteiger partial charge in [0.2, 0.25) is 0 Å². The van der Waals surface area contributed by atoms with Gasteiger partial charge in [0.1, 0.15) is 7.85 Å². The molecule has 0 radical (unpaired) electrons. The molecule has 3 aliphatic carbocycles. The Labute approximate surface area is 261 Å². The molecule has 0 nitrogen and oxygen atoms in total. The van der Waals surface area contributed by atoms with Crippen LogP contribution in [0.4, 0.5) is 0 Å². The Morgan fingerprint density at radius 1 is 0.364 bits per heavy atom. The van der Waals surface area contributed by atoms with Crippen LogP contribution in [0.25, 0.3) is 33.4 Å². The molecule has 6 aromatic carbocycles. The summed E-state index contributed by atoms with van der Waals surface area (Å²) in [4.78, 5) is 0. The van der Waals surface area contributed by atoms with Crippen molar-refractivity contribution >= 4 is 13.3 Å². The summed E-state index contributed by atoms with van der Waals surface area (Å²) in [7, 11) is 2.24. The molecule has 3 aliphatic rings. The Hall–Kier alpha value is -4.62. The van der Waals surface area contributed by atoms with E-state index in [9.17, 15) is 0 Å². The van der Waals surface area contributed by atoms with Gasteiger partial charge in [-0.1, -0.05) is 161 Å². The lowest BCUT2D eigenvalue weighted by Gasteiger charge is -2.36. The van der Waals surface area contributed by atoms with Crippen molar-refractivity contribution in [1.29, 1.82) is 0 Å². The number of hydrogen-bond donors (Lipinski definition) is 0. The van der Waals surface area contributed by atoms with Crippen LogP contribution >= 0.6 is 0 Å². The Morgan fingerprint density at radius 2 is 0.750 bits per heavy atom. The van der Waals surface area contributed by atoms with Gasteiger partial charge in [-0.3, -0.25) is 0 Å². The molecule has 0 unspecified atom stereocenters. The summed E-state index contributed by atoms with van der Waals surface area (Å²) in [5.41, 5.74) is 20.0. The minimum atomic E-state index is -0.433. The highest BCUT2D eigenvalue weighted by molar-refractivity contribution is 6.32. The Kier molecular flexibility index (Phi) is 5.00. The van der Waals surface area contributed by atoms with Crippen LogP contribution in [0.15, 0.2) is 127 Å². The molecule has 0 bridgehead atoms. The fraction of sp³-hybridized carbons (Fsp3) is 0.163. The third kappa shape index (κ3) is 3.05. The van der Waals surface area contributed by atoms with Gasteiger partial charge in [-0.15, -0.1) is 0 Å². The second-order valence-corrected chi connectivity index (χ2v) is 14.2. The molecule has 0 aromatic heterocycles. The van der Waals surface area contributed by atoms with Crippen LogP contribution in [0.5, 0.6) is 0 Å². The van der Waals surface area contributed by atoms with E-state index in [0.717, 1.165) is 0 Å². The number of benzene rings is 6. The normalized spacial score (nSPS) is 16.8. The van der Waals surface area contributed by atoms with Crippen LogP contribution in [-0.2, 0) is 16.2 Å². The van der Waals surface area contributed by atoms with Crippen molar-refractivity contribution in [2.75, 3.05) is 0 Å². The quantitative estimate of drug-likeness (QED) is 0.185. The van der Waals surface area contributed by atoms with Crippen molar-refractivity contribution in [2.24, 2.45) is 0 Å². The monoisotopic (exact) mass is 562 g/mol. The first-order valence-corrected chi connectivity index (χ1v) is 15.9. The zero-order valence-corrected chi connectivity index (χ0v) is 26.1. The Morgan fingerprint density at radius 3 is 1.27 bits per heavy atom. The molecular formula is C43H35B. The summed E-state index contributed by atoms with van der Waals surface area (Å²) in [6.07, 6.45) is 0. The molecule has 0 N–H and O–H groups in total. The lowest BCUT2D eigenvalue weighted by atomic mass is 9.65. The maximum Gasteiger partial charge on any atom is 0.139 e. The average molecular weight is 563 g/mol. The van der Waals surface area contributed by atoms with E-state index in [1.807, 2.05) is 0 Å². The molecule has 0 fully saturated rings. The van der Waals surface area contributed by atoms with Crippen molar-refractivity contribution in [3.63, 3.8) is 0 Å². The van der Waals surface area contributed by atoms with Crippen molar-refractivity contribution in [1.82, 2.24) is 0 Å².